The van der Waals surface area contributed by atoms with Crippen molar-refractivity contribution in [1.82, 2.24) is 4.98 Å². The molecular formula is C18H24N2O3. The van der Waals surface area contributed by atoms with E-state index in [4.69, 9.17) is 4.74 Å². The van der Waals surface area contributed by atoms with Gasteiger partial charge in [0.2, 0.25) is 0 Å². The van der Waals surface area contributed by atoms with E-state index >= 15 is 0 Å². The van der Waals surface area contributed by atoms with E-state index in [9.17, 15) is 10.2 Å². The van der Waals surface area contributed by atoms with Crippen molar-refractivity contribution >= 4 is 16.7 Å². The molecule has 124 valence electrons. The Balaban J connectivity index is 1.82. The van der Waals surface area contributed by atoms with Gasteiger partial charge in [0.05, 0.1) is 12.1 Å². The molecule has 0 saturated carbocycles. The Kier molecular flexibility index (Phi) is 5.10. The van der Waals surface area contributed by atoms with E-state index in [-0.39, 0.29) is 18.6 Å². The average molecular weight is 316 g/mol. The molecule has 0 unspecified atom stereocenters. The number of para-hydroxylation sites is 1. The maximum Gasteiger partial charge on any atom is 0.132 e. The normalized spacial score (nSPS) is 17.3. The molecule has 1 saturated heterocycles. The minimum atomic E-state index is -0.0454. The standard InChI is InChI=1S/C18H24N2O3/c21-8-5-18(6-9-23-10-7-18)13-19-17-15(12-22)11-14-3-1-2-4-16(14)20-17/h1-4,11,21-22H,5-10,12-13H2,(H,19,20). The summed E-state index contributed by atoms with van der Waals surface area (Å²) in [4.78, 5) is 4.66. The van der Waals surface area contributed by atoms with Crippen LogP contribution in [0.25, 0.3) is 10.9 Å². The van der Waals surface area contributed by atoms with E-state index in [2.05, 4.69) is 10.3 Å². The lowest BCUT2D eigenvalue weighted by Gasteiger charge is -2.37. The van der Waals surface area contributed by atoms with Gasteiger partial charge in [-0.2, -0.15) is 0 Å². The van der Waals surface area contributed by atoms with Crippen LogP contribution in [0, 0.1) is 5.41 Å². The van der Waals surface area contributed by atoms with E-state index in [0.717, 1.165) is 61.3 Å². The highest BCUT2D eigenvalue weighted by molar-refractivity contribution is 5.81. The maximum absolute atomic E-state index is 9.64. The zero-order chi connectivity index (χ0) is 16.1. The molecule has 1 aliphatic heterocycles. The SMILES string of the molecule is OCCC1(CNc2nc3ccccc3cc2CO)CCOCC1. The minimum absolute atomic E-state index is 0.0348. The number of aliphatic hydroxyl groups is 2. The largest absolute Gasteiger partial charge is 0.396 e. The zero-order valence-corrected chi connectivity index (χ0v) is 13.3. The fourth-order valence-corrected chi connectivity index (χ4v) is 3.26. The van der Waals surface area contributed by atoms with E-state index in [1.54, 1.807) is 0 Å². The van der Waals surface area contributed by atoms with Gasteiger partial charge in [0.1, 0.15) is 5.82 Å². The molecule has 1 aliphatic rings. The van der Waals surface area contributed by atoms with E-state index in [0.29, 0.717) is 0 Å². The summed E-state index contributed by atoms with van der Waals surface area (Å²) in [5, 5.41) is 23.5. The number of nitrogens with one attached hydrogen (secondary N) is 1. The number of aromatic nitrogens is 1. The molecule has 2 aromatic rings. The molecule has 0 atom stereocenters. The third-order valence-corrected chi connectivity index (χ3v) is 4.80. The molecule has 2 heterocycles. The summed E-state index contributed by atoms with van der Waals surface area (Å²) in [7, 11) is 0. The van der Waals surface area contributed by atoms with Crippen molar-refractivity contribution in [2.45, 2.75) is 25.9 Å². The van der Waals surface area contributed by atoms with Crippen molar-refractivity contribution < 1.29 is 14.9 Å². The molecule has 5 heteroatoms. The summed E-state index contributed by atoms with van der Waals surface area (Å²) in [5.41, 5.74) is 1.75. The van der Waals surface area contributed by atoms with Gasteiger partial charge in [0, 0.05) is 37.3 Å². The second-order valence-corrected chi connectivity index (χ2v) is 6.29. The Morgan fingerprint density at radius 2 is 1.96 bits per heavy atom. The zero-order valence-electron chi connectivity index (χ0n) is 13.3. The molecule has 0 bridgehead atoms. The summed E-state index contributed by atoms with van der Waals surface area (Å²) in [6.07, 6.45) is 2.62. The van der Waals surface area contributed by atoms with Crippen molar-refractivity contribution in [3.63, 3.8) is 0 Å². The maximum atomic E-state index is 9.64. The minimum Gasteiger partial charge on any atom is -0.396 e. The van der Waals surface area contributed by atoms with Crippen LogP contribution in [0.4, 0.5) is 5.82 Å². The van der Waals surface area contributed by atoms with Crippen molar-refractivity contribution in [2.75, 3.05) is 31.7 Å². The lowest BCUT2D eigenvalue weighted by atomic mass is 9.77. The van der Waals surface area contributed by atoms with Crippen LogP contribution in [-0.4, -0.2) is 41.6 Å². The van der Waals surface area contributed by atoms with Crippen LogP contribution in [-0.2, 0) is 11.3 Å². The molecule has 1 aromatic heterocycles. The first-order chi connectivity index (χ1) is 11.3. The molecule has 1 aromatic carbocycles. The molecule has 23 heavy (non-hydrogen) atoms. The molecule has 0 spiro atoms. The van der Waals surface area contributed by atoms with Crippen molar-refractivity contribution in [1.29, 1.82) is 0 Å². The molecule has 3 rings (SSSR count). The molecule has 0 amide bonds. The van der Waals surface area contributed by atoms with Gasteiger partial charge in [-0.25, -0.2) is 4.98 Å². The first-order valence-corrected chi connectivity index (χ1v) is 8.18. The Hall–Kier alpha value is -1.69. The Labute approximate surface area is 136 Å². The quantitative estimate of drug-likeness (QED) is 0.762. The fraction of sp³-hybridized carbons (Fsp3) is 0.500. The number of pyridine rings is 1. The van der Waals surface area contributed by atoms with Gasteiger partial charge < -0.3 is 20.3 Å². The lowest BCUT2D eigenvalue weighted by molar-refractivity contribution is 0.00900. The number of hydrogen-bond donors (Lipinski definition) is 3. The number of rotatable bonds is 6. The van der Waals surface area contributed by atoms with Gasteiger partial charge in [-0.15, -0.1) is 0 Å². The highest BCUT2D eigenvalue weighted by atomic mass is 16.5. The Bertz CT molecular complexity index is 648. The number of fused-ring (bicyclic) bond motifs is 1. The van der Waals surface area contributed by atoms with Crippen LogP contribution in [0.5, 0.6) is 0 Å². The lowest BCUT2D eigenvalue weighted by Crippen LogP contribution is -2.37. The highest BCUT2D eigenvalue weighted by Gasteiger charge is 2.32. The van der Waals surface area contributed by atoms with Crippen LogP contribution < -0.4 is 5.32 Å². The fourth-order valence-electron chi connectivity index (χ4n) is 3.26. The number of hydrogen-bond acceptors (Lipinski definition) is 5. The van der Waals surface area contributed by atoms with Gasteiger partial charge >= 0.3 is 0 Å². The highest BCUT2D eigenvalue weighted by Crippen LogP contribution is 2.34. The Morgan fingerprint density at radius 1 is 1.17 bits per heavy atom. The van der Waals surface area contributed by atoms with Gasteiger partial charge in [0.15, 0.2) is 0 Å². The van der Waals surface area contributed by atoms with Crippen molar-refractivity contribution in [2.24, 2.45) is 5.41 Å². The van der Waals surface area contributed by atoms with E-state index in [1.165, 1.54) is 0 Å². The predicted octanol–water partition coefficient (Wildman–Crippen LogP) is 2.32. The van der Waals surface area contributed by atoms with Crippen LogP contribution in [0.2, 0.25) is 0 Å². The summed E-state index contributed by atoms with van der Waals surface area (Å²) >= 11 is 0. The van der Waals surface area contributed by atoms with Crippen LogP contribution in [0.3, 0.4) is 0 Å². The third-order valence-electron chi connectivity index (χ3n) is 4.80. The second kappa shape index (κ2) is 7.25. The molecular weight excluding hydrogens is 292 g/mol. The number of aliphatic hydroxyl groups excluding tert-OH is 2. The second-order valence-electron chi connectivity index (χ2n) is 6.29. The Morgan fingerprint density at radius 3 is 2.70 bits per heavy atom. The summed E-state index contributed by atoms with van der Waals surface area (Å²) < 4.78 is 5.46. The first kappa shape index (κ1) is 16.2. The summed E-state index contributed by atoms with van der Waals surface area (Å²) in [6.45, 7) is 2.34. The smallest absolute Gasteiger partial charge is 0.132 e. The number of benzene rings is 1. The molecule has 5 nitrogen and oxygen atoms in total. The van der Waals surface area contributed by atoms with Crippen molar-refractivity contribution in [3.05, 3.63) is 35.9 Å². The monoisotopic (exact) mass is 316 g/mol. The van der Waals surface area contributed by atoms with Crippen molar-refractivity contribution in [3.8, 4) is 0 Å². The van der Waals surface area contributed by atoms with Crippen LogP contribution in [0.15, 0.2) is 30.3 Å². The number of nitrogens with zero attached hydrogens (tertiary/aromatic N) is 1. The molecule has 3 N–H and O–H groups in total. The average Bonchev–Trinajstić information content (AvgIpc) is 2.60. The molecule has 0 radical (unpaired) electrons. The third kappa shape index (κ3) is 3.63. The summed E-state index contributed by atoms with van der Waals surface area (Å²) in [5.74, 6) is 0.731. The summed E-state index contributed by atoms with van der Waals surface area (Å²) in [6, 6.07) is 9.88. The first-order valence-electron chi connectivity index (χ1n) is 8.18. The number of ether oxygens (including phenoxy) is 1. The van der Waals surface area contributed by atoms with E-state index < -0.39 is 0 Å². The predicted molar refractivity (Wildman–Crippen MR) is 90.3 cm³/mol. The van der Waals surface area contributed by atoms with Crippen LogP contribution >= 0.6 is 0 Å². The van der Waals surface area contributed by atoms with Gasteiger partial charge in [-0.1, -0.05) is 18.2 Å². The van der Waals surface area contributed by atoms with Gasteiger partial charge in [0.25, 0.3) is 0 Å². The van der Waals surface area contributed by atoms with Crippen LogP contribution in [0.1, 0.15) is 24.8 Å². The molecule has 1 fully saturated rings. The van der Waals surface area contributed by atoms with E-state index in [1.807, 2.05) is 30.3 Å². The molecule has 0 aliphatic carbocycles. The topological polar surface area (TPSA) is 74.6 Å². The number of anilines is 1. The van der Waals surface area contributed by atoms with Gasteiger partial charge in [-0.3, -0.25) is 0 Å². The van der Waals surface area contributed by atoms with Gasteiger partial charge in [-0.05, 0) is 36.8 Å².